The average Bonchev–Trinajstić information content (AvgIpc) is 2.90. The second kappa shape index (κ2) is 8.13. The number of hydrogen-bond donors (Lipinski definition) is 0. The van der Waals surface area contributed by atoms with Gasteiger partial charge in [0.2, 0.25) is 5.91 Å². The third kappa shape index (κ3) is 4.17. The van der Waals surface area contributed by atoms with Gasteiger partial charge in [-0.15, -0.1) is 0 Å². The van der Waals surface area contributed by atoms with Crippen molar-refractivity contribution in [3.05, 3.63) is 35.9 Å². The topological polar surface area (TPSA) is 32.8 Å². The zero-order chi connectivity index (χ0) is 16.9. The lowest BCUT2D eigenvalue weighted by Crippen LogP contribution is -2.53. The van der Waals surface area contributed by atoms with Crippen molar-refractivity contribution < 1.29 is 9.53 Å². The Bertz CT molecular complexity index is 526. The highest BCUT2D eigenvalue weighted by Crippen LogP contribution is 2.26. The summed E-state index contributed by atoms with van der Waals surface area (Å²) < 4.78 is 6.09. The number of carbonyl (C=O) groups excluding carboxylic acids is 1. The van der Waals surface area contributed by atoms with E-state index in [1.165, 1.54) is 25.7 Å². The molecule has 3 rings (SSSR count). The van der Waals surface area contributed by atoms with Crippen LogP contribution in [0.5, 0.6) is 0 Å². The summed E-state index contributed by atoms with van der Waals surface area (Å²) in [6.07, 6.45) is 5.07. The predicted molar refractivity (Wildman–Crippen MR) is 95.8 cm³/mol. The maximum absolute atomic E-state index is 13.1. The molecule has 3 unspecified atom stereocenters. The Morgan fingerprint density at radius 2 is 1.75 bits per heavy atom. The molecule has 2 aliphatic heterocycles. The fourth-order valence-electron chi connectivity index (χ4n) is 3.89. The molecule has 4 heteroatoms. The van der Waals surface area contributed by atoms with Crippen molar-refractivity contribution in [3.63, 3.8) is 0 Å². The fraction of sp³-hybridized carbons (Fsp3) is 0.650. The van der Waals surface area contributed by atoms with Crippen LogP contribution in [0.25, 0.3) is 0 Å². The number of carbonyl (C=O) groups is 1. The van der Waals surface area contributed by atoms with Crippen molar-refractivity contribution in [3.8, 4) is 0 Å². The van der Waals surface area contributed by atoms with Crippen LogP contribution < -0.4 is 0 Å². The first-order chi connectivity index (χ1) is 11.6. The Morgan fingerprint density at radius 3 is 2.42 bits per heavy atom. The van der Waals surface area contributed by atoms with Crippen molar-refractivity contribution in [2.24, 2.45) is 0 Å². The molecule has 24 heavy (non-hydrogen) atoms. The second-order valence-corrected chi connectivity index (χ2v) is 7.22. The Morgan fingerprint density at radius 1 is 1.08 bits per heavy atom. The summed E-state index contributed by atoms with van der Waals surface area (Å²) in [6.45, 7) is 7.59. The van der Waals surface area contributed by atoms with Gasteiger partial charge in [0.1, 0.15) is 6.10 Å². The molecule has 1 aromatic rings. The van der Waals surface area contributed by atoms with Crippen LogP contribution in [-0.2, 0) is 9.53 Å². The number of benzene rings is 1. The van der Waals surface area contributed by atoms with Crippen LogP contribution in [0.3, 0.4) is 0 Å². The van der Waals surface area contributed by atoms with Gasteiger partial charge in [-0.1, -0.05) is 43.2 Å². The van der Waals surface area contributed by atoms with Crippen LogP contribution in [0.4, 0.5) is 0 Å². The van der Waals surface area contributed by atoms with Gasteiger partial charge in [0.25, 0.3) is 0 Å². The lowest BCUT2D eigenvalue weighted by Gasteiger charge is -2.40. The summed E-state index contributed by atoms with van der Waals surface area (Å²) in [5, 5.41) is 0. The normalized spacial score (nSPS) is 27.5. The van der Waals surface area contributed by atoms with E-state index in [1.807, 2.05) is 23.1 Å². The molecule has 2 aliphatic rings. The van der Waals surface area contributed by atoms with E-state index in [0.29, 0.717) is 13.1 Å². The second-order valence-electron chi connectivity index (χ2n) is 7.22. The van der Waals surface area contributed by atoms with Crippen LogP contribution in [-0.4, -0.2) is 54.0 Å². The highest BCUT2D eigenvalue weighted by atomic mass is 16.5. The lowest BCUT2D eigenvalue weighted by atomic mass is 10.1. The highest BCUT2D eigenvalue weighted by molar-refractivity contribution is 5.81. The van der Waals surface area contributed by atoms with Gasteiger partial charge >= 0.3 is 0 Å². The molecule has 1 aromatic carbocycles. The molecule has 2 heterocycles. The lowest BCUT2D eigenvalue weighted by molar-refractivity contribution is -0.149. The Labute approximate surface area is 145 Å². The molecule has 0 N–H and O–H groups in total. The molecule has 0 saturated carbocycles. The largest absolute Gasteiger partial charge is 0.367 e. The molecule has 4 nitrogen and oxygen atoms in total. The molecule has 0 aliphatic carbocycles. The SMILES string of the molecule is CC1CN(C(=O)C(C)N2CCCCCC2)CC(c2ccccc2)O1. The number of hydrogen-bond acceptors (Lipinski definition) is 3. The zero-order valence-electron chi connectivity index (χ0n) is 15.0. The molecule has 0 radical (unpaired) electrons. The van der Waals surface area contributed by atoms with E-state index in [0.717, 1.165) is 18.7 Å². The van der Waals surface area contributed by atoms with Crippen molar-refractivity contribution in [2.75, 3.05) is 26.2 Å². The van der Waals surface area contributed by atoms with Gasteiger partial charge in [-0.05, 0) is 45.3 Å². The van der Waals surface area contributed by atoms with E-state index in [9.17, 15) is 4.79 Å². The smallest absolute Gasteiger partial charge is 0.239 e. The van der Waals surface area contributed by atoms with Gasteiger partial charge < -0.3 is 9.64 Å². The first-order valence-corrected chi connectivity index (χ1v) is 9.38. The number of amides is 1. The Hall–Kier alpha value is -1.39. The quantitative estimate of drug-likeness (QED) is 0.853. The summed E-state index contributed by atoms with van der Waals surface area (Å²) in [6, 6.07) is 10.2. The maximum atomic E-state index is 13.1. The predicted octanol–water partition coefficient (Wildman–Crippen LogP) is 3.24. The van der Waals surface area contributed by atoms with Gasteiger partial charge in [-0.3, -0.25) is 9.69 Å². The molecule has 2 fully saturated rings. The third-order valence-electron chi connectivity index (χ3n) is 5.29. The van der Waals surface area contributed by atoms with Crippen molar-refractivity contribution >= 4 is 5.91 Å². The van der Waals surface area contributed by atoms with E-state index < -0.39 is 0 Å². The summed E-state index contributed by atoms with van der Waals surface area (Å²) in [5.41, 5.74) is 1.16. The molecular formula is C20H30N2O2. The number of morpholine rings is 1. The van der Waals surface area contributed by atoms with Gasteiger partial charge in [0.15, 0.2) is 0 Å². The van der Waals surface area contributed by atoms with Crippen LogP contribution in [0.15, 0.2) is 30.3 Å². The van der Waals surface area contributed by atoms with E-state index in [-0.39, 0.29) is 24.2 Å². The molecular weight excluding hydrogens is 300 g/mol. The molecule has 0 bridgehead atoms. The van der Waals surface area contributed by atoms with Crippen LogP contribution in [0.2, 0.25) is 0 Å². The Balaban J connectivity index is 1.67. The van der Waals surface area contributed by atoms with Gasteiger partial charge in [-0.25, -0.2) is 0 Å². The summed E-state index contributed by atoms with van der Waals surface area (Å²) >= 11 is 0. The number of ether oxygens (including phenoxy) is 1. The van der Waals surface area contributed by atoms with Crippen molar-refractivity contribution in [1.29, 1.82) is 0 Å². The van der Waals surface area contributed by atoms with Gasteiger partial charge in [0.05, 0.1) is 18.7 Å². The van der Waals surface area contributed by atoms with Crippen molar-refractivity contribution in [1.82, 2.24) is 9.80 Å². The minimum atomic E-state index is -0.0233. The van der Waals surface area contributed by atoms with Gasteiger partial charge in [-0.2, -0.15) is 0 Å². The average molecular weight is 330 g/mol. The molecule has 3 atom stereocenters. The van der Waals surface area contributed by atoms with Crippen LogP contribution in [0, 0.1) is 0 Å². The van der Waals surface area contributed by atoms with Gasteiger partial charge in [0, 0.05) is 6.54 Å². The molecule has 2 saturated heterocycles. The highest BCUT2D eigenvalue weighted by Gasteiger charge is 2.33. The van der Waals surface area contributed by atoms with Crippen LogP contribution >= 0.6 is 0 Å². The summed E-state index contributed by atoms with van der Waals surface area (Å²) in [7, 11) is 0. The molecule has 132 valence electrons. The number of rotatable bonds is 3. The van der Waals surface area contributed by atoms with E-state index in [1.54, 1.807) is 0 Å². The summed E-state index contributed by atoms with van der Waals surface area (Å²) in [5.74, 6) is 0.257. The molecule has 0 spiro atoms. The monoisotopic (exact) mass is 330 g/mol. The fourth-order valence-corrected chi connectivity index (χ4v) is 3.89. The molecule has 1 amide bonds. The minimum absolute atomic E-state index is 0.0183. The molecule has 0 aromatic heterocycles. The van der Waals surface area contributed by atoms with E-state index in [2.05, 4.69) is 30.9 Å². The first-order valence-electron chi connectivity index (χ1n) is 9.38. The van der Waals surface area contributed by atoms with Crippen LogP contribution in [0.1, 0.15) is 51.2 Å². The number of nitrogens with zero attached hydrogens (tertiary/aromatic N) is 2. The summed E-state index contributed by atoms with van der Waals surface area (Å²) in [4.78, 5) is 17.4. The maximum Gasteiger partial charge on any atom is 0.239 e. The van der Waals surface area contributed by atoms with E-state index >= 15 is 0 Å². The Kier molecular flexibility index (Phi) is 5.90. The van der Waals surface area contributed by atoms with E-state index in [4.69, 9.17) is 4.74 Å². The third-order valence-corrected chi connectivity index (χ3v) is 5.29. The number of likely N-dealkylation sites (tertiary alicyclic amines) is 1. The minimum Gasteiger partial charge on any atom is -0.367 e. The standard InChI is InChI=1S/C20H30N2O2/c1-16-14-22(15-19(24-16)18-10-6-5-7-11-18)20(23)17(2)21-12-8-3-4-9-13-21/h5-7,10-11,16-17,19H,3-4,8-9,12-15H2,1-2H3. The first kappa shape index (κ1) is 17.4. The van der Waals surface area contributed by atoms with Crippen molar-refractivity contribution in [2.45, 2.75) is 57.8 Å². The zero-order valence-corrected chi connectivity index (χ0v) is 15.0.